The number of aryl methyl sites for hydroxylation is 1. The van der Waals surface area contributed by atoms with Crippen LogP contribution >= 0.6 is 0 Å². The van der Waals surface area contributed by atoms with Crippen LogP contribution < -0.4 is 5.32 Å². The predicted molar refractivity (Wildman–Crippen MR) is 80.1 cm³/mol. The molecular weight excluding hydrogens is 266 g/mol. The minimum absolute atomic E-state index is 0.0538. The molecule has 0 saturated carbocycles. The third-order valence-electron chi connectivity index (χ3n) is 3.47. The lowest BCUT2D eigenvalue weighted by molar-refractivity contribution is 0.0934. The monoisotopic (exact) mass is 283 g/mol. The summed E-state index contributed by atoms with van der Waals surface area (Å²) in [6.45, 7) is 1.98. The van der Waals surface area contributed by atoms with E-state index in [1.807, 2.05) is 43.3 Å². The normalized spacial score (nSPS) is 12.4. The molecular formula is C16H17N3O2. The number of benzene rings is 1. The lowest BCUT2D eigenvalue weighted by Gasteiger charge is -2.12. The number of para-hydroxylation sites is 1. The van der Waals surface area contributed by atoms with Crippen LogP contribution in [0.2, 0.25) is 0 Å². The van der Waals surface area contributed by atoms with Crippen molar-refractivity contribution < 1.29 is 9.21 Å². The van der Waals surface area contributed by atoms with Crippen LogP contribution in [0.25, 0.3) is 10.9 Å². The summed E-state index contributed by atoms with van der Waals surface area (Å²) in [5.41, 5.74) is 1.31. The van der Waals surface area contributed by atoms with Gasteiger partial charge in [0.15, 0.2) is 5.69 Å². The molecule has 0 bridgehead atoms. The number of aromatic nitrogens is 2. The fourth-order valence-corrected chi connectivity index (χ4v) is 2.31. The van der Waals surface area contributed by atoms with Gasteiger partial charge in [-0.2, -0.15) is 5.10 Å². The van der Waals surface area contributed by atoms with E-state index in [4.69, 9.17) is 4.42 Å². The van der Waals surface area contributed by atoms with Crippen molar-refractivity contribution in [2.24, 2.45) is 0 Å². The molecule has 3 rings (SSSR count). The van der Waals surface area contributed by atoms with Gasteiger partial charge in [0.1, 0.15) is 5.76 Å². The van der Waals surface area contributed by atoms with Crippen LogP contribution in [0.3, 0.4) is 0 Å². The first kappa shape index (κ1) is 13.4. The van der Waals surface area contributed by atoms with Crippen molar-refractivity contribution in [2.45, 2.75) is 25.8 Å². The molecule has 0 fully saturated rings. The molecule has 0 saturated heterocycles. The van der Waals surface area contributed by atoms with Crippen LogP contribution in [-0.4, -0.2) is 22.1 Å². The number of nitrogens with one attached hydrogen (secondary N) is 2. The molecule has 0 aliphatic rings. The highest BCUT2D eigenvalue weighted by molar-refractivity contribution is 6.04. The average Bonchev–Trinajstić information content (AvgIpc) is 3.14. The van der Waals surface area contributed by atoms with E-state index in [1.165, 1.54) is 0 Å². The molecule has 0 aliphatic carbocycles. The molecule has 2 N–H and O–H groups in total. The minimum atomic E-state index is -0.153. The third-order valence-corrected chi connectivity index (χ3v) is 3.47. The van der Waals surface area contributed by atoms with E-state index in [2.05, 4.69) is 15.5 Å². The first-order valence-electron chi connectivity index (χ1n) is 7.00. The fraction of sp³-hybridized carbons (Fsp3) is 0.250. The van der Waals surface area contributed by atoms with Crippen molar-refractivity contribution in [1.82, 2.24) is 15.5 Å². The van der Waals surface area contributed by atoms with Gasteiger partial charge in [0.2, 0.25) is 0 Å². The van der Waals surface area contributed by atoms with Gasteiger partial charge in [0.05, 0.1) is 11.8 Å². The Bertz CT molecular complexity index is 731. The second kappa shape index (κ2) is 5.83. The van der Waals surface area contributed by atoms with Gasteiger partial charge in [-0.1, -0.05) is 18.2 Å². The van der Waals surface area contributed by atoms with Crippen LogP contribution in [0.15, 0.2) is 47.1 Å². The van der Waals surface area contributed by atoms with Gasteiger partial charge in [-0.05, 0) is 31.5 Å². The highest BCUT2D eigenvalue weighted by Gasteiger charge is 2.15. The van der Waals surface area contributed by atoms with Crippen LogP contribution in [0.4, 0.5) is 0 Å². The maximum absolute atomic E-state index is 12.3. The quantitative estimate of drug-likeness (QED) is 0.756. The first-order valence-corrected chi connectivity index (χ1v) is 7.00. The summed E-state index contributed by atoms with van der Waals surface area (Å²) in [5, 5.41) is 10.8. The van der Waals surface area contributed by atoms with E-state index in [0.29, 0.717) is 5.69 Å². The SMILES string of the molecule is CC(CCc1ccco1)NC(=O)c1n[nH]c2ccccc12. The number of furan rings is 1. The largest absolute Gasteiger partial charge is 0.469 e. The molecule has 2 heterocycles. The van der Waals surface area contributed by atoms with Gasteiger partial charge in [-0.25, -0.2) is 0 Å². The summed E-state index contributed by atoms with van der Waals surface area (Å²) in [6.07, 6.45) is 3.28. The molecule has 0 spiro atoms. The van der Waals surface area contributed by atoms with Gasteiger partial charge >= 0.3 is 0 Å². The minimum Gasteiger partial charge on any atom is -0.469 e. The molecule has 1 aromatic carbocycles. The van der Waals surface area contributed by atoms with Gasteiger partial charge in [-0.15, -0.1) is 0 Å². The van der Waals surface area contributed by atoms with Crippen LogP contribution in [0, 0.1) is 0 Å². The Hall–Kier alpha value is -2.56. The standard InChI is InChI=1S/C16H17N3O2/c1-11(8-9-12-5-4-10-21-12)17-16(20)15-13-6-2-3-7-14(13)18-19-15/h2-7,10-11H,8-9H2,1H3,(H,17,20)(H,18,19). The van der Waals surface area contributed by atoms with Crippen LogP contribution in [0.5, 0.6) is 0 Å². The van der Waals surface area contributed by atoms with E-state index in [9.17, 15) is 4.79 Å². The molecule has 1 atom stereocenters. The molecule has 5 nitrogen and oxygen atoms in total. The van der Waals surface area contributed by atoms with Crippen molar-refractivity contribution >= 4 is 16.8 Å². The van der Waals surface area contributed by atoms with Gasteiger partial charge in [0, 0.05) is 17.8 Å². The summed E-state index contributed by atoms with van der Waals surface area (Å²) >= 11 is 0. The number of aromatic amines is 1. The molecule has 21 heavy (non-hydrogen) atoms. The van der Waals surface area contributed by atoms with Crippen molar-refractivity contribution in [3.05, 3.63) is 54.1 Å². The number of carbonyl (C=O) groups is 1. The summed E-state index contributed by atoms with van der Waals surface area (Å²) in [7, 11) is 0. The molecule has 0 aliphatic heterocycles. The number of hydrogen-bond donors (Lipinski definition) is 2. The predicted octanol–water partition coefficient (Wildman–Crippen LogP) is 2.91. The van der Waals surface area contributed by atoms with E-state index in [-0.39, 0.29) is 11.9 Å². The number of fused-ring (bicyclic) bond motifs is 1. The Balaban J connectivity index is 1.63. The highest BCUT2D eigenvalue weighted by atomic mass is 16.3. The third kappa shape index (κ3) is 2.97. The Labute approximate surface area is 122 Å². The zero-order chi connectivity index (χ0) is 14.7. The molecule has 1 unspecified atom stereocenters. The first-order chi connectivity index (χ1) is 10.2. The molecule has 108 valence electrons. The second-order valence-corrected chi connectivity index (χ2v) is 5.11. The zero-order valence-corrected chi connectivity index (χ0v) is 11.8. The highest BCUT2D eigenvalue weighted by Crippen LogP contribution is 2.15. The smallest absolute Gasteiger partial charge is 0.272 e. The Kier molecular flexibility index (Phi) is 3.73. The van der Waals surface area contributed by atoms with Crippen molar-refractivity contribution in [3.63, 3.8) is 0 Å². The lowest BCUT2D eigenvalue weighted by atomic mass is 10.1. The topological polar surface area (TPSA) is 70.9 Å². The summed E-state index contributed by atoms with van der Waals surface area (Å²) in [6, 6.07) is 11.5. The van der Waals surface area contributed by atoms with Crippen LogP contribution in [0.1, 0.15) is 29.6 Å². The van der Waals surface area contributed by atoms with Crippen molar-refractivity contribution in [3.8, 4) is 0 Å². The Morgan fingerprint density at radius 1 is 1.33 bits per heavy atom. The number of amides is 1. The number of nitrogens with zero attached hydrogens (tertiary/aromatic N) is 1. The summed E-state index contributed by atoms with van der Waals surface area (Å²) in [5.74, 6) is 0.778. The Morgan fingerprint density at radius 3 is 3.00 bits per heavy atom. The van der Waals surface area contributed by atoms with Crippen molar-refractivity contribution in [1.29, 1.82) is 0 Å². The van der Waals surface area contributed by atoms with E-state index in [1.54, 1.807) is 6.26 Å². The molecule has 3 aromatic rings. The van der Waals surface area contributed by atoms with E-state index >= 15 is 0 Å². The maximum Gasteiger partial charge on any atom is 0.272 e. The molecule has 1 amide bonds. The summed E-state index contributed by atoms with van der Waals surface area (Å²) in [4.78, 5) is 12.3. The fourth-order valence-electron chi connectivity index (χ4n) is 2.31. The van der Waals surface area contributed by atoms with Crippen LogP contribution in [-0.2, 0) is 6.42 Å². The molecule has 5 heteroatoms. The van der Waals surface area contributed by atoms with Gasteiger partial charge in [-0.3, -0.25) is 9.89 Å². The zero-order valence-electron chi connectivity index (χ0n) is 11.8. The second-order valence-electron chi connectivity index (χ2n) is 5.11. The molecule has 2 aromatic heterocycles. The number of rotatable bonds is 5. The number of H-pyrrole nitrogens is 1. The van der Waals surface area contributed by atoms with E-state index < -0.39 is 0 Å². The van der Waals surface area contributed by atoms with E-state index in [0.717, 1.165) is 29.5 Å². The average molecular weight is 283 g/mol. The summed E-state index contributed by atoms with van der Waals surface area (Å²) < 4.78 is 5.29. The van der Waals surface area contributed by atoms with Crippen molar-refractivity contribution in [2.75, 3.05) is 0 Å². The van der Waals surface area contributed by atoms with Gasteiger partial charge < -0.3 is 9.73 Å². The molecule has 0 radical (unpaired) electrons. The number of hydrogen-bond acceptors (Lipinski definition) is 3. The van der Waals surface area contributed by atoms with Gasteiger partial charge in [0.25, 0.3) is 5.91 Å². The maximum atomic E-state index is 12.3. The lowest BCUT2D eigenvalue weighted by Crippen LogP contribution is -2.33. The number of carbonyl (C=O) groups excluding carboxylic acids is 1. The Morgan fingerprint density at radius 2 is 2.19 bits per heavy atom.